The Kier molecular flexibility index (Phi) is 5.18. The summed E-state index contributed by atoms with van der Waals surface area (Å²) in [5, 5.41) is 14.6. The van der Waals surface area contributed by atoms with Gasteiger partial charge in [-0.25, -0.2) is 0 Å². The standard InChI is InChI=1S/C23H26N2O3/c26-21-15-18(17-7-2-1-3-8-17)11-12-23(28)16-25(14-6-13-24-21)22(27)19-9-4-5-10-20(19)23/h1-5,7-10,18,28H,6,11-16H2,(H,24,26)/t18?,23-/m1/s1. The van der Waals surface area contributed by atoms with Crippen LogP contribution in [0.2, 0.25) is 0 Å². The van der Waals surface area contributed by atoms with Crippen LogP contribution in [0.5, 0.6) is 0 Å². The maximum atomic E-state index is 12.9. The van der Waals surface area contributed by atoms with Crippen molar-refractivity contribution in [1.29, 1.82) is 0 Å². The van der Waals surface area contributed by atoms with Gasteiger partial charge in [-0.05, 0) is 42.4 Å². The van der Waals surface area contributed by atoms with E-state index in [1.165, 1.54) is 0 Å². The van der Waals surface area contributed by atoms with Crippen LogP contribution in [0.4, 0.5) is 0 Å². The summed E-state index contributed by atoms with van der Waals surface area (Å²) in [4.78, 5) is 27.0. The maximum absolute atomic E-state index is 12.9. The van der Waals surface area contributed by atoms with Crippen LogP contribution in [0.1, 0.15) is 53.1 Å². The van der Waals surface area contributed by atoms with Crippen molar-refractivity contribution < 1.29 is 14.7 Å². The topological polar surface area (TPSA) is 69.6 Å². The number of carbonyl (C=O) groups excluding carboxylic acids is 2. The molecule has 0 aromatic heterocycles. The molecule has 4 rings (SSSR count). The third kappa shape index (κ3) is 3.67. The highest BCUT2D eigenvalue weighted by Gasteiger charge is 2.41. The van der Waals surface area contributed by atoms with Gasteiger partial charge in [-0.2, -0.15) is 0 Å². The Bertz CT molecular complexity index is 867. The molecule has 146 valence electrons. The zero-order chi connectivity index (χ0) is 19.6. The number of nitrogens with one attached hydrogen (secondary N) is 1. The molecule has 2 aromatic carbocycles. The fourth-order valence-corrected chi connectivity index (χ4v) is 4.43. The fraction of sp³-hybridized carbons (Fsp3) is 0.391. The van der Waals surface area contributed by atoms with Crippen LogP contribution in [0.25, 0.3) is 0 Å². The number of aliphatic hydroxyl groups is 1. The van der Waals surface area contributed by atoms with Crippen molar-refractivity contribution in [3.63, 3.8) is 0 Å². The van der Waals surface area contributed by atoms with Gasteiger partial charge in [-0.15, -0.1) is 0 Å². The minimum Gasteiger partial charge on any atom is -0.383 e. The van der Waals surface area contributed by atoms with Crippen molar-refractivity contribution >= 4 is 11.8 Å². The van der Waals surface area contributed by atoms with Crippen molar-refractivity contribution in [2.75, 3.05) is 19.6 Å². The lowest BCUT2D eigenvalue weighted by Crippen LogP contribution is -2.50. The number of carbonyl (C=O) groups is 2. The van der Waals surface area contributed by atoms with E-state index in [-0.39, 0.29) is 17.7 Å². The summed E-state index contributed by atoms with van der Waals surface area (Å²) in [6.07, 6.45) is 2.25. The van der Waals surface area contributed by atoms with Gasteiger partial charge in [0.1, 0.15) is 5.60 Å². The van der Waals surface area contributed by atoms with E-state index >= 15 is 0 Å². The van der Waals surface area contributed by atoms with Crippen molar-refractivity contribution in [3.05, 3.63) is 71.3 Å². The Morgan fingerprint density at radius 3 is 2.61 bits per heavy atom. The van der Waals surface area contributed by atoms with Gasteiger partial charge in [0.05, 0.1) is 6.54 Å². The largest absolute Gasteiger partial charge is 0.383 e. The SMILES string of the molecule is O=C1CC(c2ccccc2)CC[C@@]2(O)CN(CCCN1)C(=O)c1ccccc12. The highest BCUT2D eigenvalue weighted by molar-refractivity contribution is 5.97. The van der Waals surface area contributed by atoms with E-state index < -0.39 is 5.60 Å². The van der Waals surface area contributed by atoms with Gasteiger partial charge in [-0.3, -0.25) is 9.59 Å². The molecule has 2 aliphatic heterocycles. The predicted octanol–water partition coefficient (Wildman–Crippen LogP) is 2.80. The highest BCUT2D eigenvalue weighted by Crippen LogP contribution is 2.38. The molecule has 2 N–H and O–H groups in total. The average molecular weight is 378 g/mol. The molecule has 2 heterocycles. The Balaban J connectivity index is 1.69. The Hall–Kier alpha value is -2.66. The molecular formula is C23H26N2O3. The molecule has 0 radical (unpaired) electrons. The van der Waals surface area contributed by atoms with Crippen LogP contribution in [0.3, 0.4) is 0 Å². The summed E-state index contributed by atoms with van der Waals surface area (Å²) in [5.41, 5.74) is 1.32. The molecular weight excluding hydrogens is 352 g/mol. The molecule has 2 bridgehead atoms. The smallest absolute Gasteiger partial charge is 0.254 e. The molecule has 2 aromatic rings. The van der Waals surface area contributed by atoms with Gasteiger partial charge in [0.2, 0.25) is 5.91 Å². The van der Waals surface area contributed by atoms with E-state index in [1.54, 1.807) is 11.0 Å². The first kappa shape index (κ1) is 18.7. The molecule has 2 atom stereocenters. The van der Waals surface area contributed by atoms with E-state index in [1.807, 2.05) is 48.5 Å². The maximum Gasteiger partial charge on any atom is 0.254 e. The van der Waals surface area contributed by atoms with Crippen molar-refractivity contribution in [2.24, 2.45) is 0 Å². The number of hydrogen-bond donors (Lipinski definition) is 2. The first-order valence-electron chi connectivity index (χ1n) is 10.00. The second-order valence-electron chi connectivity index (χ2n) is 7.86. The van der Waals surface area contributed by atoms with Crippen LogP contribution in [0, 0.1) is 0 Å². The van der Waals surface area contributed by atoms with E-state index in [0.29, 0.717) is 56.4 Å². The molecule has 0 saturated carbocycles. The molecule has 5 nitrogen and oxygen atoms in total. The summed E-state index contributed by atoms with van der Waals surface area (Å²) >= 11 is 0. The van der Waals surface area contributed by atoms with E-state index in [2.05, 4.69) is 5.32 Å². The molecule has 2 aliphatic rings. The zero-order valence-electron chi connectivity index (χ0n) is 15.9. The summed E-state index contributed by atoms with van der Waals surface area (Å²) in [7, 11) is 0. The number of benzene rings is 2. The van der Waals surface area contributed by atoms with E-state index in [0.717, 1.165) is 5.56 Å². The highest BCUT2D eigenvalue weighted by atomic mass is 16.3. The monoisotopic (exact) mass is 378 g/mol. The van der Waals surface area contributed by atoms with Crippen LogP contribution in [0.15, 0.2) is 54.6 Å². The minimum absolute atomic E-state index is 0.0216. The Labute approximate surface area is 165 Å². The quantitative estimate of drug-likeness (QED) is 0.802. The van der Waals surface area contributed by atoms with Gasteiger partial charge < -0.3 is 15.3 Å². The van der Waals surface area contributed by atoms with Gasteiger partial charge in [0.25, 0.3) is 5.91 Å². The first-order valence-corrected chi connectivity index (χ1v) is 10.00. The lowest BCUT2D eigenvalue weighted by Gasteiger charge is -2.41. The van der Waals surface area contributed by atoms with Crippen molar-refractivity contribution in [2.45, 2.75) is 37.2 Å². The van der Waals surface area contributed by atoms with E-state index in [4.69, 9.17) is 0 Å². The Morgan fingerprint density at radius 2 is 1.79 bits per heavy atom. The molecule has 1 unspecified atom stereocenters. The average Bonchev–Trinajstić information content (AvgIpc) is 2.72. The van der Waals surface area contributed by atoms with Crippen LogP contribution >= 0.6 is 0 Å². The molecule has 5 heteroatoms. The molecule has 0 spiro atoms. The number of nitrogens with zero attached hydrogens (tertiary/aromatic N) is 1. The van der Waals surface area contributed by atoms with Gasteiger partial charge in [0, 0.05) is 25.1 Å². The van der Waals surface area contributed by atoms with Crippen molar-refractivity contribution in [3.8, 4) is 0 Å². The van der Waals surface area contributed by atoms with Gasteiger partial charge in [-0.1, -0.05) is 48.5 Å². The fourth-order valence-electron chi connectivity index (χ4n) is 4.43. The van der Waals surface area contributed by atoms with E-state index in [9.17, 15) is 14.7 Å². The summed E-state index contributed by atoms with van der Waals surface area (Å²) in [6, 6.07) is 17.4. The van der Waals surface area contributed by atoms with Gasteiger partial charge in [0.15, 0.2) is 0 Å². The predicted molar refractivity (Wildman–Crippen MR) is 107 cm³/mol. The van der Waals surface area contributed by atoms with Crippen LogP contribution in [-0.2, 0) is 10.4 Å². The summed E-state index contributed by atoms with van der Waals surface area (Å²) < 4.78 is 0. The Morgan fingerprint density at radius 1 is 1.04 bits per heavy atom. The van der Waals surface area contributed by atoms with Crippen molar-refractivity contribution in [1.82, 2.24) is 10.2 Å². The second kappa shape index (κ2) is 7.76. The number of amides is 2. The molecule has 2 amide bonds. The van der Waals surface area contributed by atoms with Crippen LogP contribution < -0.4 is 5.32 Å². The third-order valence-corrected chi connectivity index (χ3v) is 5.93. The normalized spacial score (nSPS) is 25.9. The molecule has 1 fully saturated rings. The summed E-state index contributed by atoms with van der Waals surface area (Å²) in [5.74, 6) is 0.0134. The molecule has 0 aliphatic carbocycles. The second-order valence-corrected chi connectivity index (χ2v) is 7.86. The molecule has 1 saturated heterocycles. The number of fused-ring (bicyclic) bond motifs is 4. The zero-order valence-corrected chi connectivity index (χ0v) is 15.9. The minimum atomic E-state index is -1.09. The lowest BCUT2D eigenvalue weighted by molar-refractivity contribution is -0.121. The third-order valence-electron chi connectivity index (χ3n) is 5.93. The first-order chi connectivity index (χ1) is 13.6. The number of hydrogen-bond acceptors (Lipinski definition) is 3. The van der Waals surface area contributed by atoms with Crippen LogP contribution in [-0.4, -0.2) is 41.5 Å². The number of rotatable bonds is 1. The molecule has 28 heavy (non-hydrogen) atoms. The summed E-state index contributed by atoms with van der Waals surface area (Å²) in [6.45, 7) is 1.36. The van der Waals surface area contributed by atoms with Gasteiger partial charge >= 0.3 is 0 Å². The lowest BCUT2D eigenvalue weighted by atomic mass is 9.78.